The van der Waals surface area contributed by atoms with Gasteiger partial charge in [-0.05, 0) is 42.8 Å². The summed E-state index contributed by atoms with van der Waals surface area (Å²) >= 11 is 0. The number of nitrogens with zero attached hydrogens (tertiary/aromatic N) is 1. The molecule has 24 heavy (non-hydrogen) atoms. The summed E-state index contributed by atoms with van der Waals surface area (Å²) < 4.78 is 27.6. The molecular weight excluding hydrogens is 314 g/mol. The van der Waals surface area contributed by atoms with E-state index in [0.29, 0.717) is 17.7 Å². The fraction of sp³-hybridized carbons (Fsp3) is 0.222. The predicted molar refractivity (Wildman–Crippen MR) is 85.6 cm³/mol. The van der Waals surface area contributed by atoms with E-state index in [9.17, 15) is 18.4 Å². The highest BCUT2D eigenvalue weighted by atomic mass is 19.1. The molecule has 2 aromatic carbocycles. The minimum absolute atomic E-state index is 0.0201. The summed E-state index contributed by atoms with van der Waals surface area (Å²) in [4.78, 5) is 25.0. The van der Waals surface area contributed by atoms with Crippen LogP contribution in [-0.2, 0) is 4.79 Å². The third kappa shape index (κ3) is 2.87. The van der Waals surface area contributed by atoms with Crippen LogP contribution in [0.15, 0.2) is 42.5 Å². The number of halogens is 2. The van der Waals surface area contributed by atoms with E-state index in [-0.39, 0.29) is 11.5 Å². The van der Waals surface area contributed by atoms with Crippen LogP contribution in [0.3, 0.4) is 0 Å². The first-order valence-corrected chi connectivity index (χ1v) is 7.51. The van der Waals surface area contributed by atoms with Crippen molar-refractivity contribution in [3.8, 4) is 0 Å². The van der Waals surface area contributed by atoms with Crippen LogP contribution in [0.5, 0.6) is 0 Å². The first-order chi connectivity index (χ1) is 11.4. The van der Waals surface area contributed by atoms with Crippen molar-refractivity contribution in [3.63, 3.8) is 0 Å². The lowest BCUT2D eigenvalue weighted by molar-refractivity contribution is -0.119. The van der Waals surface area contributed by atoms with E-state index < -0.39 is 29.4 Å². The summed E-state index contributed by atoms with van der Waals surface area (Å²) in [6.07, 6.45) is 0.417. The molecule has 2 aromatic rings. The van der Waals surface area contributed by atoms with Gasteiger partial charge in [0.05, 0.1) is 0 Å². The summed E-state index contributed by atoms with van der Waals surface area (Å²) in [6, 6.07) is 9.98. The Balaban J connectivity index is 1.75. The molecule has 3 rings (SSSR count). The van der Waals surface area contributed by atoms with Crippen molar-refractivity contribution in [1.82, 2.24) is 0 Å². The second-order valence-corrected chi connectivity index (χ2v) is 5.89. The third-order valence-corrected chi connectivity index (χ3v) is 4.35. The van der Waals surface area contributed by atoms with Crippen molar-refractivity contribution in [2.45, 2.75) is 12.3 Å². The molecule has 2 amide bonds. The van der Waals surface area contributed by atoms with Crippen LogP contribution >= 0.6 is 0 Å². The molecule has 2 N–H and O–H groups in total. The van der Waals surface area contributed by atoms with Crippen molar-refractivity contribution in [2.75, 3.05) is 11.9 Å². The first-order valence-electron chi connectivity index (χ1n) is 7.51. The summed E-state index contributed by atoms with van der Waals surface area (Å²) in [5.74, 6) is -2.89. The maximum Gasteiger partial charge on any atom is 0.248 e. The molecule has 1 saturated carbocycles. The van der Waals surface area contributed by atoms with Crippen molar-refractivity contribution >= 4 is 17.5 Å². The molecule has 1 fully saturated rings. The number of benzene rings is 2. The van der Waals surface area contributed by atoms with Crippen LogP contribution in [0.1, 0.15) is 28.3 Å². The van der Waals surface area contributed by atoms with E-state index >= 15 is 0 Å². The van der Waals surface area contributed by atoms with Gasteiger partial charge in [-0.3, -0.25) is 9.59 Å². The maximum absolute atomic E-state index is 13.8. The highest BCUT2D eigenvalue weighted by Crippen LogP contribution is 2.50. The molecule has 0 aliphatic heterocycles. The molecule has 124 valence electrons. The molecule has 0 spiro atoms. The number of primary amides is 1. The number of carbonyl (C=O) groups is 2. The Labute approximate surface area is 137 Å². The van der Waals surface area contributed by atoms with Crippen molar-refractivity contribution in [2.24, 2.45) is 11.7 Å². The molecule has 0 heterocycles. The average molecular weight is 330 g/mol. The first kappa shape index (κ1) is 16.1. The molecule has 1 aliphatic carbocycles. The predicted octanol–water partition coefficient (Wildman–Crippen LogP) is 2.83. The fourth-order valence-corrected chi connectivity index (χ4v) is 2.88. The van der Waals surface area contributed by atoms with E-state index in [1.165, 1.54) is 35.2 Å². The topological polar surface area (TPSA) is 63.4 Å². The molecule has 0 radical (unpaired) electrons. The van der Waals surface area contributed by atoms with Gasteiger partial charge in [0.1, 0.15) is 11.6 Å². The number of hydrogen-bond acceptors (Lipinski definition) is 2. The van der Waals surface area contributed by atoms with Crippen LogP contribution in [0.2, 0.25) is 0 Å². The fourth-order valence-electron chi connectivity index (χ4n) is 2.88. The highest BCUT2D eigenvalue weighted by molar-refractivity contribution is 5.98. The van der Waals surface area contributed by atoms with Crippen molar-refractivity contribution in [1.29, 1.82) is 0 Å². The van der Waals surface area contributed by atoms with Crippen LogP contribution in [0.4, 0.5) is 14.5 Å². The van der Waals surface area contributed by atoms with E-state index in [0.717, 1.165) is 0 Å². The number of amides is 2. The van der Waals surface area contributed by atoms with Gasteiger partial charge in [-0.25, -0.2) is 8.78 Å². The van der Waals surface area contributed by atoms with Gasteiger partial charge < -0.3 is 10.6 Å². The number of nitrogens with two attached hydrogens (primary N) is 1. The Morgan fingerprint density at radius 1 is 1.08 bits per heavy atom. The lowest BCUT2D eigenvalue weighted by Gasteiger charge is -2.18. The SMILES string of the molecule is CN(C(=O)[C@H]1C[C@@H]1c1c(F)cccc1F)c1ccc(C(N)=O)cc1. The van der Waals surface area contributed by atoms with Crippen LogP contribution < -0.4 is 10.6 Å². The zero-order valence-corrected chi connectivity index (χ0v) is 13.0. The van der Waals surface area contributed by atoms with Gasteiger partial charge in [0, 0.05) is 35.7 Å². The maximum atomic E-state index is 13.8. The average Bonchev–Trinajstić information content (AvgIpc) is 3.33. The zero-order valence-electron chi connectivity index (χ0n) is 13.0. The number of rotatable bonds is 4. The monoisotopic (exact) mass is 330 g/mol. The second-order valence-electron chi connectivity index (χ2n) is 5.89. The summed E-state index contributed by atoms with van der Waals surface area (Å²) in [5, 5.41) is 0. The van der Waals surface area contributed by atoms with Crippen molar-refractivity contribution in [3.05, 3.63) is 65.2 Å². The lowest BCUT2D eigenvalue weighted by atomic mass is 10.1. The van der Waals surface area contributed by atoms with Gasteiger partial charge in [-0.1, -0.05) is 6.07 Å². The molecule has 4 nitrogen and oxygen atoms in total. The summed E-state index contributed by atoms with van der Waals surface area (Å²) in [7, 11) is 1.59. The van der Waals surface area contributed by atoms with Crippen LogP contribution in [0, 0.1) is 17.6 Å². The Bertz CT molecular complexity index is 785. The smallest absolute Gasteiger partial charge is 0.248 e. The van der Waals surface area contributed by atoms with Crippen molar-refractivity contribution < 1.29 is 18.4 Å². The van der Waals surface area contributed by atoms with Gasteiger partial charge in [0.15, 0.2) is 0 Å². The minimum Gasteiger partial charge on any atom is -0.366 e. The number of carbonyl (C=O) groups excluding carboxylic acids is 2. The largest absolute Gasteiger partial charge is 0.366 e. The Morgan fingerprint density at radius 3 is 2.21 bits per heavy atom. The molecule has 1 aliphatic rings. The van der Waals surface area contributed by atoms with E-state index in [1.54, 1.807) is 19.2 Å². The third-order valence-electron chi connectivity index (χ3n) is 4.35. The quantitative estimate of drug-likeness (QED) is 0.937. The Morgan fingerprint density at radius 2 is 1.67 bits per heavy atom. The van der Waals surface area contributed by atoms with Gasteiger partial charge in [-0.2, -0.15) is 0 Å². The minimum atomic E-state index is -0.622. The van der Waals surface area contributed by atoms with Gasteiger partial charge in [0.2, 0.25) is 11.8 Å². The standard InChI is InChI=1S/C18H16F2N2O2/c1-22(11-7-5-10(6-8-11)17(21)23)18(24)13-9-12(13)16-14(19)3-2-4-15(16)20/h2-8,12-13H,9H2,1H3,(H2,21,23)/t12-,13-/m0/s1. The summed E-state index contributed by atoms with van der Waals surface area (Å²) in [5.41, 5.74) is 6.09. The molecular formula is C18H16F2N2O2. The summed E-state index contributed by atoms with van der Waals surface area (Å²) in [6.45, 7) is 0. The molecule has 0 saturated heterocycles. The van der Waals surface area contributed by atoms with Gasteiger partial charge >= 0.3 is 0 Å². The van der Waals surface area contributed by atoms with E-state index in [1.807, 2.05) is 0 Å². The highest BCUT2D eigenvalue weighted by Gasteiger charge is 2.47. The zero-order chi connectivity index (χ0) is 17.4. The molecule has 6 heteroatoms. The second kappa shape index (κ2) is 6.03. The Kier molecular flexibility index (Phi) is 4.05. The van der Waals surface area contributed by atoms with Gasteiger partial charge in [-0.15, -0.1) is 0 Å². The van der Waals surface area contributed by atoms with Crippen LogP contribution in [-0.4, -0.2) is 18.9 Å². The van der Waals surface area contributed by atoms with E-state index in [2.05, 4.69) is 0 Å². The molecule has 2 atom stereocenters. The Hall–Kier alpha value is -2.76. The molecule has 0 aromatic heterocycles. The number of anilines is 1. The molecule has 0 bridgehead atoms. The molecule has 0 unspecified atom stereocenters. The van der Waals surface area contributed by atoms with Crippen LogP contribution in [0.25, 0.3) is 0 Å². The normalized spacial score (nSPS) is 19.0. The lowest BCUT2D eigenvalue weighted by Crippen LogP contribution is -2.28. The van der Waals surface area contributed by atoms with E-state index in [4.69, 9.17) is 5.73 Å². The van der Waals surface area contributed by atoms with Gasteiger partial charge in [0.25, 0.3) is 0 Å². The number of hydrogen-bond donors (Lipinski definition) is 1.